The van der Waals surface area contributed by atoms with Crippen molar-refractivity contribution in [3.63, 3.8) is 0 Å². The highest BCUT2D eigenvalue weighted by Crippen LogP contribution is 2.50. The van der Waals surface area contributed by atoms with Crippen LogP contribution in [0.3, 0.4) is 0 Å². The maximum Gasteiger partial charge on any atom is 0.329 e. The predicted molar refractivity (Wildman–Crippen MR) is 97.9 cm³/mol. The van der Waals surface area contributed by atoms with Gasteiger partial charge in [0.2, 0.25) is 11.8 Å². The average Bonchev–Trinajstić information content (AvgIpc) is 3.39. The lowest BCUT2D eigenvalue weighted by Crippen LogP contribution is -2.58. The van der Waals surface area contributed by atoms with Crippen molar-refractivity contribution in [2.75, 3.05) is 18.6 Å². The van der Waals surface area contributed by atoms with E-state index < -0.39 is 41.9 Å². The summed E-state index contributed by atoms with van der Waals surface area (Å²) in [5, 5.41) is 15.0. The van der Waals surface area contributed by atoms with Gasteiger partial charge in [-0.3, -0.25) is 14.9 Å². The summed E-state index contributed by atoms with van der Waals surface area (Å²) in [5.41, 5.74) is -1.21. The first-order chi connectivity index (χ1) is 13.0. The molecule has 27 heavy (non-hydrogen) atoms. The number of fused-ring (bicyclic) bond motifs is 1. The van der Waals surface area contributed by atoms with Crippen molar-refractivity contribution in [2.45, 2.75) is 11.6 Å². The molecule has 2 aliphatic rings. The molecule has 140 valence electrons. The molecule has 4 atom stereocenters. The molecule has 2 aromatic rings. The summed E-state index contributed by atoms with van der Waals surface area (Å²) < 4.78 is 4.89. The smallest absolute Gasteiger partial charge is 0.329 e. The molecule has 3 heterocycles. The van der Waals surface area contributed by atoms with Gasteiger partial charge in [-0.25, -0.2) is 9.69 Å². The van der Waals surface area contributed by atoms with Crippen LogP contribution in [0.25, 0.3) is 0 Å². The molecule has 8 heteroatoms. The summed E-state index contributed by atoms with van der Waals surface area (Å²) in [7, 11) is 1.20. The van der Waals surface area contributed by atoms with E-state index in [1.807, 2.05) is 17.5 Å². The minimum atomic E-state index is -1.66. The number of thiophene rings is 1. The van der Waals surface area contributed by atoms with Crippen LogP contribution in [-0.2, 0) is 19.1 Å². The number of benzene rings is 1. The molecule has 0 spiro atoms. The highest BCUT2D eigenvalue weighted by atomic mass is 32.1. The number of ether oxygens (including phenoxy) is 1. The Morgan fingerprint density at radius 3 is 2.56 bits per heavy atom. The number of aliphatic hydroxyl groups is 1. The number of imide groups is 1. The van der Waals surface area contributed by atoms with Crippen molar-refractivity contribution < 1.29 is 24.2 Å². The van der Waals surface area contributed by atoms with Crippen LogP contribution in [0.5, 0.6) is 0 Å². The van der Waals surface area contributed by atoms with Crippen molar-refractivity contribution in [1.29, 1.82) is 0 Å². The number of nitrogens with one attached hydrogen (secondary N) is 1. The topological polar surface area (TPSA) is 95.9 Å². The molecule has 2 saturated heterocycles. The lowest BCUT2D eigenvalue weighted by Gasteiger charge is -2.30. The SMILES string of the molecule is COC(=O)[C@@]1(CO)N[C@@H](c2cccs2)[C@H]2C(=O)N(c3ccccc3)C(=O)[C@@H]21. The number of carbonyl (C=O) groups excluding carboxylic acids is 3. The van der Waals surface area contributed by atoms with E-state index in [2.05, 4.69) is 5.32 Å². The van der Waals surface area contributed by atoms with E-state index >= 15 is 0 Å². The van der Waals surface area contributed by atoms with Crippen molar-refractivity contribution in [1.82, 2.24) is 5.32 Å². The number of hydrogen-bond donors (Lipinski definition) is 2. The number of para-hydroxylation sites is 1. The Bertz CT molecular complexity index is 885. The first-order valence-corrected chi connectivity index (χ1v) is 9.36. The molecule has 4 rings (SSSR count). The number of nitrogens with zero attached hydrogens (tertiary/aromatic N) is 1. The predicted octanol–water partition coefficient (Wildman–Crippen LogP) is 1.10. The van der Waals surface area contributed by atoms with E-state index in [9.17, 15) is 19.5 Å². The molecule has 0 aliphatic carbocycles. The van der Waals surface area contributed by atoms with Gasteiger partial charge in [-0.05, 0) is 23.6 Å². The Labute approximate surface area is 159 Å². The molecule has 7 nitrogen and oxygen atoms in total. The van der Waals surface area contributed by atoms with Gasteiger partial charge in [0, 0.05) is 4.88 Å². The van der Waals surface area contributed by atoms with E-state index in [1.54, 1.807) is 30.3 Å². The fourth-order valence-electron chi connectivity index (χ4n) is 4.13. The van der Waals surface area contributed by atoms with Gasteiger partial charge in [-0.15, -0.1) is 11.3 Å². The van der Waals surface area contributed by atoms with Crippen molar-refractivity contribution >= 4 is 34.8 Å². The van der Waals surface area contributed by atoms with Gasteiger partial charge in [-0.2, -0.15) is 0 Å². The van der Waals surface area contributed by atoms with Crippen LogP contribution in [0.4, 0.5) is 5.69 Å². The van der Waals surface area contributed by atoms with Gasteiger partial charge in [0.25, 0.3) is 0 Å². The van der Waals surface area contributed by atoms with Gasteiger partial charge < -0.3 is 9.84 Å². The van der Waals surface area contributed by atoms with Crippen LogP contribution < -0.4 is 10.2 Å². The van der Waals surface area contributed by atoms with Gasteiger partial charge in [-0.1, -0.05) is 24.3 Å². The number of anilines is 1. The van der Waals surface area contributed by atoms with E-state index in [4.69, 9.17) is 4.74 Å². The maximum absolute atomic E-state index is 13.3. The van der Waals surface area contributed by atoms with Gasteiger partial charge in [0.15, 0.2) is 5.54 Å². The number of carbonyl (C=O) groups is 3. The molecule has 2 fully saturated rings. The zero-order valence-electron chi connectivity index (χ0n) is 14.5. The average molecular weight is 386 g/mol. The molecule has 0 bridgehead atoms. The maximum atomic E-state index is 13.3. The fraction of sp³-hybridized carbons (Fsp3) is 0.316. The molecule has 0 saturated carbocycles. The fourth-order valence-corrected chi connectivity index (χ4v) is 4.95. The molecule has 1 aromatic heterocycles. The number of hydrogen-bond acceptors (Lipinski definition) is 7. The van der Waals surface area contributed by atoms with E-state index in [0.717, 1.165) is 9.78 Å². The lowest BCUT2D eigenvalue weighted by atomic mass is 9.80. The zero-order chi connectivity index (χ0) is 19.2. The quantitative estimate of drug-likeness (QED) is 0.604. The van der Waals surface area contributed by atoms with Crippen LogP contribution in [0, 0.1) is 11.8 Å². The monoisotopic (exact) mass is 386 g/mol. The second kappa shape index (κ2) is 6.56. The van der Waals surface area contributed by atoms with Crippen molar-refractivity contribution in [2.24, 2.45) is 11.8 Å². The molecular formula is C19H18N2O5S. The van der Waals surface area contributed by atoms with E-state index in [1.165, 1.54) is 18.4 Å². The van der Waals surface area contributed by atoms with Crippen LogP contribution >= 0.6 is 11.3 Å². The van der Waals surface area contributed by atoms with E-state index in [-0.39, 0.29) is 5.91 Å². The molecule has 1 aromatic carbocycles. The Kier molecular flexibility index (Phi) is 4.33. The number of amides is 2. The standard InChI is InChI=1S/C19H18N2O5S/c1-26-18(25)19(10-22)14-13(15(20-19)12-8-5-9-27-12)16(23)21(17(14)24)11-6-3-2-4-7-11/h2-9,13-15,20,22H,10H2,1H3/t13-,14+,15-,19-/m0/s1. The highest BCUT2D eigenvalue weighted by molar-refractivity contribution is 7.10. The lowest BCUT2D eigenvalue weighted by molar-refractivity contribution is -0.154. The first-order valence-electron chi connectivity index (χ1n) is 8.48. The number of esters is 1. The van der Waals surface area contributed by atoms with Crippen LogP contribution in [0.15, 0.2) is 47.8 Å². The van der Waals surface area contributed by atoms with Gasteiger partial charge in [0.05, 0.1) is 37.3 Å². The third-order valence-electron chi connectivity index (χ3n) is 5.32. The van der Waals surface area contributed by atoms with Crippen molar-refractivity contribution in [3.8, 4) is 0 Å². The summed E-state index contributed by atoms with van der Waals surface area (Å²) in [5.74, 6) is -3.50. The number of aliphatic hydroxyl groups excluding tert-OH is 1. The molecule has 0 unspecified atom stereocenters. The van der Waals surface area contributed by atoms with Crippen molar-refractivity contribution in [3.05, 3.63) is 52.7 Å². The summed E-state index contributed by atoms with van der Waals surface area (Å²) in [6.07, 6.45) is 0. The second-order valence-corrected chi connectivity index (χ2v) is 7.59. The largest absolute Gasteiger partial charge is 0.468 e. The molecule has 2 aliphatic heterocycles. The highest BCUT2D eigenvalue weighted by Gasteiger charge is 2.69. The zero-order valence-corrected chi connectivity index (χ0v) is 15.3. The van der Waals surface area contributed by atoms with E-state index in [0.29, 0.717) is 5.69 Å². The van der Waals surface area contributed by atoms with Crippen LogP contribution in [0.1, 0.15) is 10.9 Å². The third kappa shape index (κ3) is 2.44. The molecular weight excluding hydrogens is 368 g/mol. The molecule has 2 N–H and O–H groups in total. The molecule has 0 radical (unpaired) electrons. The normalized spacial score (nSPS) is 29.9. The van der Waals surface area contributed by atoms with Gasteiger partial charge >= 0.3 is 5.97 Å². The van der Waals surface area contributed by atoms with Gasteiger partial charge in [0.1, 0.15) is 0 Å². The summed E-state index contributed by atoms with van der Waals surface area (Å²) in [6, 6.07) is 11.7. The summed E-state index contributed by atoms with van der Waals surface area (Å²) in [6.45, 7) is -0.648. The Balaban J connectivity index is 1.85. The number of methoxy groups -OCH3 is 1. The second-order valence-electron chi connectivity index (χ2n) is 6.61. The summed E-state index contributed by atoms with van der Waals surface area (Å²) >= 11 is 1.42. The molecule has 2 amide bonds. The minimum Gasteiger partial charge on any atom is -0.468 e. The Hall–Kier alpha value is -2.55. The number of rotatable bonds is 4. The Morgan fingerprint density at radius 1 is 1.22 bits per heavy atom. The minimum absolute atomic E-state index is 0.388. The Morgan fingerprint density at radius 2 is 1.96 bits per heavy atom. The third-order valence-corrected chi connectivity index (χ3v) is 6.27. The first kappa shape index (κ1) is 17.8. The van der Waals surface area contributed by atoms with Crippen LogP contribution in [-0.4, -0.2) is 42.1 Å². The summed E-state index contributed by atoms with van der Waals surface area (Å²) in [4.78, 5) is 41.0. The van der Waals surface area contributed by atoms with Crippen LogP contribution in [0.2, 0.25) is 0 Å².